The zero-order chi connectivity index (χ0) is 85.5. The second-order valence-electron chi connectivity index (χ2n) is 26.9. The quantitative estimate of drug-likeness (QED) is 0.0101. The smallest absolute Gasteiger partial charge is 0.407 e. The Bertz CT molecular complexity index is 4630. The Labute approximate surface area is 704 Å². The van der Waals surface area contributed by atoms with Crippen LogP contribution in [0, 0.1) is 11.3 Å². The van der Waals surface area contributed by atoms with E-state index >= 15 is 0 Å². The topological polar surface area (TPSA) is 622 Å². The van der Waals surface area contributed by atoms with Crippen molar-refractivity contribution in [2.45, 2.75) is 180 Å². The van der Waals surface area contributed by atoms with E-state index in [1.54, 1.807) is 128 Å². The number of alkyl carbamates (subject to hydrolysis) is 1. The summed E-state index contributed by atoms with van der Waals surface area (Å²) in [6.45, 7) is 23.2. The largest absolute Gasteiger partial charge is 0.481 e. The van der Waals surface area contributed by atoms with Gasteiger partial charge in [0.15, 0.2) is 11.4 Å². The number of carboxylic acid groups (broad SMARTS) is 1. The number of halogens is 2. The van der Waals surface area contributed by atoms with Crippen LogP contribution in [0.4, 0.5) is 4.79 Å². The summed E-state index contributed by atoms with van der Waals surface area (Å²) in [7, 11) is 1.24. The lowest BCUT2D eigenvalue weighted by molar-refractivity contribution is -0.158. The lowest BCUT2D eigenvalue weighted by Gasteiger charge is -2.19. The molecular formula is C80H115Cl2N17O20. The van der Waals surface area contributed by atoms with Crippen molar-refractivity contribution in [2.24, 2.45) is 38.6 Å². The van der Waals surface area contributed by atoms with Crippen LogP contribution in [-0.2, 0) is 61.1 Å². The van der Waals surface area contributed by atoms with E-state index < -0.39 is 51.6 Å². The van der Waals surface area contributed by atoms with Gasteiger partial charge in [-0.25, -0.2) is 15.5 Å². The van der Waals surface area contributed by atoms with Crippen LogP contribution in [-0.4, -0.2) is 153 Å². The number of aliphatic hydroxyl groups is 5. The second-order valence-corrected chi connectivity index (χ2v) is 26.9. The van der Waals surface area contributed by atoms with Crippen molar-refractivity contribution in [3.8, 4) is 51.6 Å². The van der Waals surface area contributed by atoms with E-state index in [-0.39, 0.29) is 83.9 Å². The maximum absolute atomic E-state index is 11.7. The highest BCUT2D eigenvalue weighted by atomic mass is 35.5. The number of methoxy groups -OCH3 is 1. The molecule has 4 aromatic heterocycles. The van der Waals surface area contributed by atoms with Gasteiger partial charge >= 0.3 is 12.1 Å². The fourth-order valence-electron chi connectivity index (χ4n) is 8.00. The number of ether oxygens (including phenoxy) is 2. The summed E-state index contributed by atoms with van der Waals surface area (Å²) in [6, 6.07) is 44.9. The number of aliphatic carboxylic acids is 1. The number of carbonyl (C=O) groups is 4. The molecule has 0 unspecified atom stereocenters. The number of hydrogen-bond acceptors (Lipinski definition) is 34. The molecule has 119 heavy (non-hydrogen) atoms. The van der Waals surface area contributed by atoms with E-state index in [0.717, 1.165) is 46.6 Å². The lowest BCUT2D eigenvalue weighted by atomic mass is 10.1. The van der Waals surface area contributed by atoms with Crippen LogP contribution in [0.15, 0.2) is 179 Å². The molecule has 0 aliphatic carbocycles. The molecule has 39 heteroatoms. The molecule has 0 radical (unpaired) electrons. The average molecular weight is 1710 g/mol. The third-order valence-corrected chi connectivity index (χ3v) is 13.3. The summed E-state index contributed by atoms with van der Waals surface area (Å²) < 4.78 is 29.5. The molecule has 6 aromatic carbocycles. The summed E-state index contributed by atoms with van der Waals surface area (Å²) >= 11 is 0. The molecular weight excluding hydrogens is 1590 g/mol. The number of oxime groups is 3. The first-order valence-electron chi connectivity index (χ1n) is 33.6. The molecule has 0 saturated heterocycles. The highest BCUT2D eigenvalue weighted by Gasteiger charge is 2.29. The number of benzene rings is 6. The van der Waals surface area contributed by atoms with E-state index in [9.17, 15) is 34.8 Å². The van der Waals surface area contributed by atoms with Crippen LogP contribution >= 0.6 is 24.8 Å². The zero-order valence-electron chi connectivity index (χ0n) is 65.8. The van der Waals surface area contributed by atoms with Crippen molar-refractivity contribution in [1.29, 1.82) is 5.26 Å². The first kappa shape index (κ1) is 115. The number of nitriles is 1. The molecule has 10 rings (SSSR count). The number of amides is 1. The van der Waals surface area contributed by atoms with Crippen molar-refractivity contribution < 1.29 is 98.2 Å². The Morgan fingerprint density at radius 3 is 1.13 bits per heavy atom. The normalized spacial score (nSPS) is 10.7. The van der Waals surface area contributed by atoms with Gasteiger partial charge in [0.1, 0.15) is 34.3 Å². The van der Waals surface area contributed by atoms with Gasteiger partial charge in [-0.1, -0.05) is 169 Å². The van der Waals surface area contributed by atoms with Crippen LogP contribution in [0.25, 0.3) is 45.6 Å². The van der Waals surface area contributed by atoms with Gasteiger partial charge in [0.25, 0.3) is 29.5 Å². The highest BCUT2D eigenvalue weighted by Crippen LogP contribution is 2.27. The minimum atomic E-state index is -1.35. The number of esters is 1. The van der Waals surface area contributed by atoms with Crippen molar-refractivity contribution >= 4 is 67.4 Å². The summed E-state index contributed by atoms with van der Waals surface area (Å²) in [4.78, 5) is 57.9. The van der Waals surface area contributed by atoms with Gasteiger partial charge in [-0.15, -0.1) is 24.8 Å². The number of aromatic nitrogens is 8. The number of carboxylic acids is 1. The Morgan fingerprint density at radius 2 is 0.832 bits per heavy atom. The van der Waals surface area contributed by atoms with Crippen LogP contribution in [0.3, 0.4) is 0 Å². The molecule has 0 atom stereocenters. The average Bonchev–Trinajstić information content (AvgIpc) is 1.71. The predicted molar refractivity (Wildman–Crippen MR) is 452 cm³/mol. The standard InChI is InChI=1S/C17H23N3O4.C12H13N3O3.2C12H15N3O2.C8H9N3O2.C8H5NO.C5H10O3.C2H4O2.4CH4.2ClH.H3NO/c1-16(2,3)23-15(21)18-10-11-7-6-8-12(9-11)13-19-14(24-20-13)17(4,5)22;1-12(2,16)11-14-10(15-18-11)9-5-3-4-8(6-9)7-13-17;2*1-12(2,16)11-14-10(15-17-11)9-5-3-4-8(6-9)7-13;9-8(11-13)7-3-1-2-6(4-7)5-10-12;9-5-7-2-1-3-8(4-7)6-10;1-5(2,7)4(6)8-3;1-2(3)4;;;;;;;1-2/h6-9,22H,10H2,1-5H3,(H,18,21);3-7,16-17H,1-2H3;2*3-6,16H,7,13H2,1-2H3;1-5,12-13H,(H2,9,11);1-4,6H;7H,1-3H3;1H3,(H,3,4);4*1H4;2*1H;2H,1H2/b;13-7+;;;10-5+;;;;;;;;;;. The van der Waals surface area contributed by atoms with Crippen LogP contribution in [0.5, 0.6) is 0 Å². The number of nitrogens with zero attached hydrogens (tertiary/aromatic N) is 12. The summed E-state index contributed by atoms with van der Waals surface area (Å²) in [6.07, 6.45) is 2.81. The highest BCUT2D eigenvalue weighted by molar-refractivity contribution is 5.98. The SMILES string of the molecule is C.C.C.C.CC(=O)O.CC(C)(C)OC(=O)NCc1cccc(-c2noc(C(C)(C)O)n2)c1.CC(C)(O)c1nc(-c2cccc(/C=N/O)c2)no1.CC(C)(O)c1nc(-c2cccc(CN)c2)no1.CC(C)(O)c1nc(-c2cccc(CN)c2)no1.COC(=O)C(C)(C)O.Cl.Cl.N#Cc1cccc(C=O)c1.N/C(=N\O)c1cccc(/C=N/O)c1.NO. The zero-order valence-corrected chi connectivity index (χ0v) is 67.4. The van der Waals surface area contributed by atoms with E-state index in [1.807, 2.05) is 99.6 Å². The van der Waals surface area contributed by atoms with Crippen LogP contribution < -0.4 is 28.4 Å². The number of hydrogen-bond donors (Lipinski definition) is 15. The molecule has 0 bridgehead atoms. The molecule has 0 aliphatic rings. The number of aldehydes is 1. The van der Waals surface area contributed by atoms with Gasteiger partial charge in [-0.05, 0) is 160 Å². The van der Waals surface area contributed by atoms with Gasteiger partial charge in [-0.3, -0.25) is 9.59 Å². The van der Waals surface area contributed by atoms with Gasteiger partial charge < -0.3 is 102 Å². The van der Waals surface area contributed by atoms with Gasteiger partial charge in [-0.2, -0.15) is 25.2 Å². The number of amidine groups is 1. The van der Waals surface area contributed by atoms with Crippen molar-refractivity contribution in [3.05, 3.63) is 214 Å². The molecule has 37 nitrogen and oxygen atoms in total. The molecule has 1 amide bonds. The first-order chi connectivity index (χ1) is 52.9. The molecule has 0 saturated carbocycles. The van der Waals surface area contributed by atoms with E-state index in [1.165, 1.54) is 33.4 Å². The fraction of sp³-hybridized carbons (Fsp3) is 0.350. The Balaban J connectivity index is -0.000000424. The number of nitrogens with two attached hydrogens (primary N) is 4. The van der Waals surface area contributed by atoms with Gasteiger partial charge in [0.05, 0.1) is 31.2 Å². The van der Waals surface area contributed by atoms with Gasteiger partial charge in [0.2, 0.25) is 23.3 Å². The van der Waals surface area contributed by atoms with Crippen molar-refractivity contribution in [1.82, 2.24) is 45.9 Å². The first-order valence-corrected chi connectivity index (χ1v) is 33.6. The van der Waals surface area contributed by atoms with E-state index in [4.69, 9.17) is 81.1 Å². The van der Waals surface area contributed by atoms with E-state index in [0.29, 0.717) is 76.3 Å². The summed E-state index contributed by atoms with van der Waals surface area (Å²) in [5.41, 5.74) is 19.0. The maximum Gasteiger partial charge on any atom is 0.407 e. The lowest BCUT2D eigenvalue weighted by Crippen LogP contribution is -2.32. The molecule has 10 aromatic rings. The molecule has 19 N–H and O–H groups in total. The fourth-order valence-corrected chi connectivity index (χ4v) is 8.00. The summed E-state index contributed by atoms with van der Waals surface area (Å²) in [5, 5.41) is 122. The Hall–Kier alpha value is -12.3. The molecule has 654 valence electrons. The van der Waals surface area contributed by atoms with Crippen LogP contribution in [0.2, 0.25) is 0 Å². The third-order valence-electron chi connectivity index (χ3n) is 13.3. The predicted octanol–water partition coefficient (Wildman–Crippen LogP) is 12.3. The third kappa shape index (κ3) is 43.5. The molecule has 0 fully saturated rings. The number of rotatable bonds is 17. The minimum Gasteiger partial charge on any atom is -0.481 e. The molecule has 0 aliphatic heterocycles. The Morgan fingerprint density at radius 1 is 0.513 bits per heavy atom. The molecule has 4 heterocycles. The van der Waals surface area contributed by atoms with Gasteiger partial charge in [0, 0.05) is 59.9 Å². The maximum atomic E-state index is 11.7. The van der Waals surface area contributed by atoms with Crippen molar-refractivity contribution in [2.75, 3.05) is 7.11 Å². The van der Waals surface area contributed by atoms with Crippen molar-refractivity contribution in [3.63, 3.8) is 0 Å². The van der Waals surface area contributed by atoms with Crippen LogP contribution in [0.1, 0.15) is 200 Å². The molecule has 0 spiro atoms. The summed E-state index contributed by atoms with van der Waals surface area (Å²) in [5.74, 6) is 4.44. The monoisotopic (exact) mass is 1700 g/mol. The number of nitrogens with one attached hydrogen (secondary N) is 1. The number of carbonyl (C=O) groups excluding carboxylic acids is 3. The van der Waals surface area contributed by atoms with E-state index in [2.05, 4.69) is 72.0 Å². The Kier molecular flexibility index (Phi) is 53.6. The second kappa shape index (κ2) is 55.3. The minimum absolute atomic E-state index is 0.